The molecule has 4 aromatic rings. The molecule has 0 radical (unpaired) electrons. The van der Waals surface area contributed by atoms with Gasteiger partial charge in [0.15, 0.2) is 5.13 Å². The summed E-state index contributed by atoms with van der Waals surface area (Å²) >= 11 is 9.30. The molecule has 0 bridgehead atoms. The molecule has 4 rings (SSSR count). The van der Waals surface area contributed by atoms with Gasteiger partial charge < -0.3 is 0 Å². The van der Waals surface area contributed by atoms with E-state index in [9.17, 15) is 4.79 Å². The van der Waals surface area contributed by atoms with Crippen molar-refractivity contribution in [2.45, 2.75) is 26.2 Å². The molecular weight excluding hydrogens is 384 g/mol. The maximum atomic E-state index is 12.7. The van der Waals surface area contributed by atoms with Gasteiger partial charge in [0.05, 0.1) is 15.2 Å². The number of nitrogens with zero attached hydrogens (tertiary/aromatic N) is 1. The van der Waals surface area contributed by atoms with Crippen LogP contribution in [0.25, 0.3) is 20.3 Å². The molecule has 3 nitrogen and oxygen atoms in total. The monoisotopic (exact) mass is 400 g/mol. The number of anilines is 1. The Kier molecular flexibility index (Phi) is 4.94. The Morgan fingerprint density at radius 2 is 2.00 bits per heavy atom. The van der Waals surface area contributed by atoms with Crippen molar-refractivity contribution >= 4 is 65.6 Å². The van der Waals surface area contributed by atoms with E-state index in [2.05, 4.69) is 29.4 Å². The number of aromatic nitrogens is 1. The maximum absolute atomic E-state index is 12.7. The molecular formula is C20H17ClN2OS2. The Morgan fingerprint density at radius 3 is 2.81 bits per heavy atom. The molecule has 0 atom stereocenters. The number of thiophene rings is 1. The van der Waals surface area contributed by atoms with Crippen LogP contribution in [0.15, 0.2) is 42.5 Å². The lowest BCUT2D eigenvalue weighted by Crippen LogP contribution is -2.10. The minimum Gasteiger partial charge on any atom is -0.297 e. The number of carbonyl (C=O) groups is 1. The molecule has 132 valence electrons. The third kappa shape index (κ3) is 3.34. The van der Waals surface area contributed by atoms with Gasteiger partial charge in [-0.15, -0.1) is 11.3 Å². The number of nitrogens with one attached hydrogen (secondary N) is 1. The molecule has 0 aliphatic rings. The Morgan fingerprint density at radius 1 is 1.15 bits per heavy atom. The number of rotatable bonds is 5. The minimum absolute atomic E-state index is 0.207. The Bertz CT molecular complexity index is 1100. The summed E-state index contributed by atoms with van der Waals surface area (Å²) in [5.74, 6) is -0.207. The average Bonchev–Trinajstić information content (AvgIpc) is 3.20. The van der Waals surface area contributed by atoms with Crippen molar-refractivity contribution in [2.75, 3.05) is 5.32 Å². The summed E-state index contributed by atoms with van der Waals surface area (Å²) in [5, 5.41) is 4.93. The summed E-state index contributed by atoms with van der Waals surface area (Å²) in [6.07, 6.45) is 3.43. The van der Waals surface area contributed by atoms with Gasteiger partial charge in [0.25, 0.3) is 5.91 Å². The van der Waals surface area contributed by atoms with Crippen LogP contribution in [0.1, 0.15) is 35.0 Å². The molecule has 0 spiro atoms. The van der Waals surface area contributed by atoms with Crippen molar-refractivity contribution in [1.82, 2.24) is 4.98 Å². The summed E-state index contributed by atoms with van der Waals surface area (Å²) < 4.78 is 2.10. The third-order valence-electron chi connectivity index (χ3n) is 4.23. The number of unbranched alkanes of at least 4 members (excludes halogenated alkanes) is 1. The van der Waals surface area contributed by atoms with E-state index in [0.717, 1.165) is 26.7 Å². The fraction of sp³-hybridized carbons (Fsp3) is 0.200. The highest BCUT2D eigenvalue weighted by Crippen LogP contribution is 2.36. The van der Waals surface area contributed by atoms with Gasteiger partial charge in [0, 0.05) is 10.1 Å². The normalized spacial score (nSPS) is 11.3. The van der Waals surface area contributed by atoms with Crippen LogP contribution in [0, 0.1) is 0 Å². The number of amides is 1. The number of fused-ring (bicyclic) bond motifs is 2. The first-order valence-corrected chi connectivity index (χ1v) is 10.5. The van der Waals surface area contributed by atoms with Crippen LogP contribution in [0.3, 0.4) is 0 Å². The fourth-order valence-corrected chi connectivity index (χ4v) is 5.21. The quantitative estimate of drug-likeness (QED) is 0.402. The van der Waals surface area contributed by atoms with Crippen molar-refractivity contribution in [2.24, 2.45) is 0 Å². The standard InChI is InChI=1S/C20H17ClN2OS2/c1-2-3-6-12-9-10-14-16(11-12)26-20(22-14)23-19(24)18-17(21)13-7-4-5-8-15(13)25-18/h4-5,7-11H,2-3,6H2,1H3,(H,22,23,24). The van der Waals surface area contributed by atoms with Gasteiger partial charge in [-0.3, -0.25) is 10.1 Å². The van der Waals surface area contributed by atoms with Crippen molar-refractivity contribution < 1.29 is 4.79 Å². The van der Waals surface area contributed by atoms with Gasteiger partial charge in [0.1, 0.15) is 4.88 Å². The summed E-state index contributed by atoms with van der Waals surface area (Å²) in [6, 6.07) is 14.1. The number of benzene rings is 2. The Balaban J connectivity index is 1.59. The zero-order chi connectivity index (χ0) is 18.1. The predicted octanol–water partition coefficient (Wildman–Crippen LogP) is 6.76. The van der Waals surface area contributed by atoms with Crippen LogP contribution in [0.5, 0.6) is 0 Å². The molecule has 0 saturated heterocycles. The maximum Gasteiger partial charge on any atom is 0.269 e. The highest BCUT2D eigenvalue weighted by Gasteiger charge is 2.18. The van der Waals surface area contributed by atoms with E-state index in [1.54, 1.807) is 0 Å². The number of carbonyl (C=O) groups excluding carboxylic acids is 1. The van der Waals surface area contributed by atoms with Crippen molar-refractivity contribution in [3.05, 3.63) is 57.9 Å². The fourth-order valence-electron chi connectivity index (χ4n) is 2.87. The lowest BCUT2D eigenvalue weighted by Gasteiger charge is -1.98. The molecule has 6 heteroatoms. The average molecular weight is 401 g/mol. The Labute approximate surface area is 164 Å². The first kappa shape index (κ1) is 17.5. The summed E-state index contributed by atoms with van der Waals surface area (Å²) in [5.41, 5.74) is 2.22. The van der Waals surface area contributed by atoms with E-state index in [0.29, 0.717) is 15.0 Å². The van der Waals surface area contributed by atoms with Crippen LogP contribution in [0.4, 0.5) is 5.13 Å². The molecule has 1 N–H and O–H groups in total. The van der Waals surface area contributed by atoms with Crippen LogP contribution in [0.2, 0.25) is 5.02 Å². The molecule has 0 saturated carbocycles. The second-order valence-electron chi connectivity index (χ2n) is 6.12. The molecule has 2 aromatic carbocycles. The molecule has 1 amide bonds. The van der Waals surface area contributed by atoms with E-state index in [1.165, 1.54) is 41.1 Å². The molecule has 2 heterocycles. The number of thiazole rings is 1. The summed E-state index contributed by atoms with van der Waals surface area (Å²) in [6.45, 7) is 2.19. The van der Waals surface area contributed by atoms with Gasteiger partial charge in [-0.2, -0.15) is 0 Å². The van der Waals surface area contributed by atoms with Crippen LogP contribution < -0.4 is 5.32 Å². The van der Waals surface area contributed by atoms with E-state index >= 15 is 0 Å². The molecule has 0 fully saturated rings. The molecule has 0 aliphatic heterocycles. The smallest absolute Gasteiger partial charge is 0.269 e. The predicted molar refractivity (Wildman–Crippen MR) is 113 cm³/mol. The number of hydrogen-bond acceptors (Lipinski definition) is 4. The third-order valence-corrected chi connectivity index (χ3v) is 6.84. The summed E-state index contributed by atoms with van der Waals surface area (Å²) in [7, 11) is 0. The number of aryl methyl sites for hydroxylation is 1. The van der Waals surface area contributed by atoms with Gasteiger partial charge >= 0.3 is 0 Å². The lowest BCUT2D eigenvalue weighted by atomic mass is 10.1. The molecule has 26 heavy (non-hydrogen) atoms. The minimum atomic E-state index is -0.207. The second kappa shape index (κ2) is 7.35. The summed E-state index contributed by atoms with van der Waals surface area (Å²) in [4.78, 5) is 17.7. The van der Waals surface area contributed by atoms with E-state index < -0.39 is 0 Å². The second-order valence-corrected chi connectivity index (χ2v) is 8.58. The highest BCUT2D eigenvalue weighted by atomic mass is 35.5. The van der Waals surface area contributed by atoms with Gasteiger partial charge in [-0.05, 0) is 36.6 Å². The zero-order valence-electron chi connectivity index (χ0n) is 14.2. The number of hydrogen-bond donors (Lipinski definition) is 1. The SMILES string of the molecule is CCCCc1ccc2nc(NC(=O)c3sc4ccccc4c3Cl)sc2c1. The largest absolute Gasteiger partial charge is 0.297 e. The van der Waals surface area contributed by atoms with Crippen LogP contribution in [-0.2, 0) is 6.42 Å². The van der Waals surface area contributed by atoms with Crippen LogP contribution in [-0.4, -0.2) is 10.9 Å². The van der Waals surface area contributed by atoms with Crippen LogP contribution >= 0.6 is 34.3 Å². The zero-order valence-corrected chi connectivity index (χ0v) is 16.6. The molecule has 2 aromatic heterocycles. The first-order chi connectivity index (χ1) is 12.7. The highest BCUT2D eigenvalue weighted by molar-refractivity contribution is 7.23. The molecule has 0 unspecified atom stereocenters. The molecule has 0 aliphatic carbocycles. The van der Waals surface area contributed by atoms with E-state index in [-0.39, 0.29) is 5.91 Å². The topological polar surface area (TPSA) is 42.0 Å². The van der Waals surface area contributed by atoms with Gasteiger partial charge in [0.2, 0.25) is 0 Å². The van der Waals surface area contributed by atoms with Gasteiger partial charge in [-0.1, -0.05) is 60.5 Å². The van der Waals surface area contributed by atoms with E-state index in [1.807, 2.05) is 30.3 Å². The van der Waals surface area contributed by atoms with Crippen molar-refractivity contribution in [1.29, 1.82) is 0 Å². The van der Waals surface area contributed by atoms with Gasteiger partial charge in [-0.25, -0.2) is 4.98 Å². The van der Waals surface area contributed by atoms with E-state index in [4.69, 9.17) is 11.6 Å². The Hall–Kier alpha value is -1.95. The number of halogens is 1. The lowest BCUT2D eigenvalue weighted by molar-refractivity contribution is 0.103. The van der Waals surface area contributed by atoms with Crippen molar-refractivity contribution in [3.8, 4) is 0 Å². The first-order valence-electron chi connectivity index (χ1n) is 8.53. The van der Waals surface area contributed by atoms with Crippen molar-refractivity contribution in [3.63, 3.8) is 0 Å².